The average molecular weight is 502 g/mol. The summed E-state index contributed by atoms with van der Waals surface area (Å²) in [6.45, 7) is 14.8. The number of rotatable bonds is 4. The van der Waals surface area contributed by atoms with E-state index in [1.165, 1.54) is 12.1 Å². The Kier molecular flexibility index (Phi) is 7.54. The number of carbonyl (C=O) groups excluding carboxylic acids is 1. The van der Waals surface area contributed by atoms with E-state index in [4.69, 9.17) is 0 Å². The van der Waals surface area contributed by atoms with E-state index in [9.17, 15) is 18.0 Å². The fraction of sp³-hybridized carbons (Fsp3) is 0.552. The van der Waals surface area contributed by atoms with Crippen molar-refractivity contribution in [1.82, 2.24) is 14.7 Å². The van der Waals surface area contributed by atoms with Gasteiger partial charge in [0, 0.05) is 55.9 Å². The van der Waals surface area contributed by atoms with Gasteiger partial charge in [0.15, 0.2) is 0 Å². The zero-order chi connectivity index (χ0) is 26.3. The SMILES string of the molecule is Cc1ccc(C(=O)N2CCC(C)(N3CCN([C@@H](C)c4ccc(C(F)(F)F)cc4)[C@@H](C)C3)CC2)c(C)c1. The summed E-state index contributed by atoms with van der Waals surface area (Å²) in [6.07, 6.45) is -2.44. The van der Waals surface area contributed by atoms with Gasteiger partial charge in [-0.1, -0.05) is 29.8 Å². The monoisotopic (exact) mass is 501 g/mol. The predicted octanol–water partition coefficient (Wildman–Crippen LogP) is 6.08. The Morgan fingerprint density at radius 2 is 1.64 bits per heavy atom. The highest BCUT2D eigenvalue weighted by molar-refractivity contribution is 5.95. The van der Waals surface area contributed by atoms with Gasteiger partial charge in [-0.2, -0.15) is 13.2 Å². The summed E-state index contributed by atoms with van der Waals surface area (Å²) in [4.78, 5) is 20.1. The van der Waals surface area contributed by atoms with Crippen molar-refractivity contribution in [3.63, 3.8) is 0 Å². The van der Waals surface area contributed by atoms with Crippen LogP contribution < -0.4 is 0 Å². The topological polar surface area (TPSA) is 26.8 Å². The van der Waals surface area contributed by atoms with Gasteiger partial charge in [-0.25, -0.2) is 0 Å². The molecule has 2 aromatic rings. The van der Waals surface area contributed by atoms with E-state index >= 15 is 0 Å². The molecule has 2 aliphatic rings. The van der Waals surface area contributed by atoms with Crippen LogP contribution in [0.4, 0.5) is 13.2 Å². The molecule has 0 bridgehead atoms. The average Bonchev–Trinajstić information content (AvgIpc) is 2.83. The van der Waals surface area contributed by atoms with Gasteiger partial charge in [-0.15, -0.1) is 0 Å². The molecule has 2 saturated heterocycles. The Morgan fingerprint density at radius 3 is 2.19 bits per heavy atom. The lowest BCUT2D eigenvalue weighted by Crippen LogP contribution is -2.62. The highest BCUT2D eigenvalue weighted by Crippen LogP contribution is 2.35. The summed E-state index contributed by atoms with van der Waals surface area (Å²) in [6, 6.07) is 11.9. The van der Waals surface area contributed by atoms with Crippen LogP contribution in [0.5, 0.6) is 0 Å². The van der Waals surface area contributed by atoms with Gasteiger partial charge in [0.2, 0.25) is 0 Å². The van der Waals surface area contributed by atoms with Crippen LogP contribution in [0.3, 0.4) is 0 Å². The van der Waals surface area contributed by atoms with Crippen molar-refractivity contribution < 1.29 is 18.0 Å². The molecule has 4 rings (SSSR count). The molecule has 2 aromatic carbocycles. The van der Waals surface area contributed by atoms with Crippen molar-refractivity contribution in [3.05, 3.63) is 70.3 Å². The molecule has 7 heteroatoms. The lowest BCUT2D eigenvalue weighted by molar-refractivity contribution is -0.137. The quantitative estimate of drug-likeness (QED) is 0.508. The van der Waals surface area contributed by atoms with E-state index in [0.29, 0.717) is 0 Å². The van der Waals surface area contributed by atoms with E-state index in [-0.39, 0.29) is 23.5 Å². The second-order valence-electron chi connectivity index (χ2n) is 10.9. The molecule has 1 amide bonds. The fourth-order valence-electron chi connectivity index (χ4n) is 5.91. The van der Waals surface area contributed by atoms with E-state index in [1.54, 1.807) is 12.1 Å². The van der Waals surface area contributed by atoms with Crippen LogP contribution in [0.15, 0.2) is 42.5 Å². The van der Waals surface area contributed by atoms with Gasteiger partial charge in [-0.3, -0.25) is 14.6 Å². The van der Waals surface area contributed by atoms with Crippen molar-refractivity contribution in [2.24, 2.45) is 0 Å². The number of hydrogen-bond donors (Lipinski definition) is 0. The number of amides is 1. The molecule has 0 aliphatic carbocycles. The molecule has 196 valence electrons. The lowest BCUT2D eigenvalue weighted by Gasteiger charge is -2.52. The number of piperazine rings is 1. The minimum absolute atomic E-state index is 0.0387. The van der Waals surface area contributed by atoms with E-state index in [0.717, 1.165) is 67.8 Å². The van der Waals surface area contributed by atoms with E-state index in [2.05, 4.69) is 36.6 Å². The van der Waals surface area contributed by atoms with Crippen LogP contribution in [0.25, 0.3) is 0 Å². The minimum atomic E-state index is -4.31. The fourth-order valence-corrected chi connectivity index (χ4v) is 5.91. The van der Waals surface area contributed by atoms with Gasteiger partial charge in [0.25, 0.3) is 5.91 Å². The molecule has 0 unspecified atom stereocenters. The number of carbonyl (C=O) groups is 1. The Labute approximate surface area is 213 Å². The Balaban J connectivity index is 1.35. The Morgan fingerprint density at radius 1 is 1.00 bits per heavy atom. The van der Waals surface area contributed by atoms with Crippen LogP contribution in [-0.4, -0.2) is 64.9 Å². The number of alkyl halides is 3. The van der Waals surface area contributed by atoms with Crippen LogP contribution in [0, 0.1) is 13.8 Å². The first-order valence-electron chi connectivity index (χ1n) is 12.9. The van der Waals surface area contributed by atoms with Crippen LogP contribution in [0.2, 0.25) is 0 Å². The molecule has 0 aromatic heterocycles. The van der Waals surface area contributed by atoms with Gasteiger partial charge in [-0.05, 0) is 76.8 Å². The lowest BCUT2D eigenvalue weighted by atomic mass is 9.86. The molecule has 2 aliphatic heterocycles. The van der Waals surface area contributed by atoms with Crippen molar-refractivity contribution in [1.29, 1.82) is 0 Å². The minimum Gasteiger partial charge on any atom is -0.339 e. The zero-order valence-corrected chi connectivity index (χ0v) is 22.0. The summed E-state index contributed by atoms with van der Waals surface area (Å²) >= 11 is 0. The molecule has 0 N–H and O–H groups in total. The number of likely N-dealkylation sites (tertiary alicyclic amines) is 1. The zero-order valence-electron chi connectivity index (χ0n) is 22.0. The largest absolute Gasteiger partial charge is 0.416 e. The summed E-state index contributed by atoms with van der Waals surface area (Å²) in [5.74, 6) is 0.123. The summed E-state index contributed by atoms with van der Waals surface area (Å²) in [7, 11) is 0. The number of piperidine rings is 1. The first-order valence-corrected chi connectivity index (χ1v) is 12.9. The molecular weight excluding hydrogens is 463 g/mol. The predicted molar refractivity (Wildman–Crippen MR) is 137 cm³/mol. The maximum atomic E-state index is 13.1. The summed E-state index contributed by atoms with van der Waals surface area (Å²) in [5, 5.41) is 0. The van der Waals surface area contributed by atoms with Crippen LogP contribution >= 0.6 is 0 Å². The van der Waals surface area contributed by atoms with Gasteiger partial charge < -0.3 is 4.90 Å². The molecule has 36 heavy (non-hydrogen) atoms. The standard InChI is InChI=1S/C29H38F3N3O/c1-20-6-11-26(21(2)18-20)27(36)33-14-12-28(5,13-15-33)34-16-17-35(22(3)19-34)23(4)24-7-9-25(10-8-24)29(30,31)32/h6-11,18,22-23H,12-17,19H2,1-5H3/t22-,23-/m0/s1. The van der Waals surface area contributed by atoms with Gasteiger partial charge >= 0.3 is 6.18 Å². The summed E-state index contributed by atoms with van der Waals surface area (Å²) in [5.41, 5.74) is 3.33. The van der Waals surface area contributed by atoms with Crippen molar-refractivity contribution >= 4 is 5.91 Å². The maximum Gasteiger partial charge on any atom is 0.416 e. The second kappa shape index (κ2) is 10.2. The highest BCUT2D eigenvalue weighted by atomic mass is 19.4. The second-order valence-corrected chi connectivity index (χ2v) is 10.9. The van der Waals surface area contributed by atoms with Gasteiger partial charge in [0.1, 0.15) is 0 Å². The third-order valence-corrected chi connectivity index (χ3v) is 8.40. The first kappa shape index (κ1) is 26.7. The van der Waals surface area contributed by atoms with Crippen molar-refractivity contribution in [2.75, 3.05) is 32.7 Å². The molecule has 0 spiro atoms. The number of nitrogens with zero attached hydrogens (tertiary/aromatic N) is 3. The van der Waals surface area contributed by atoms with Crippen molar-refractivity contribution in [3.8, 4) is 0 Å². The smallest absolute Gasteiger partial charge is 0.339 e. The third-order valence-electron chi connectivity index (χ3n) is 8.40. The Hall–Kier alpha value is -2.38. The molecule has 0 radical (unpaired) electrons. The molecule has 0 saturated carbocycles. The number of aryl methyl sites for hydroxylation is 2. The van der Waals surface area contributed by atoms with E-state index in [1.807, 2.05) is 30.9 Å². The number of hydrogen-bond acceptors (Lipinski definition) is 3. The van der Waals surface area contributed by atoms with E-state index < -0.39 is 11.7 Å². The molecule has 2 heterocycles. The normalized spacial score (nSPS) is 22.4. The van der Waals surface area contributed by atoms with Crippen LogP contribution in [0.1, 0.15) is 72.3 Å². The number of benzene rings is 2. The molecule has 2 fully saturated rings. The Bertz CT molecular complexity index is 1070. The van der Waals surface area contributed by atoms with Gasteiger partial charge in [0.05, 0.1) is 5.56 Å². The molecule has 4 nitrogen and oxygen atoms in total. The first-order chi connectivity index (χ1) is 16.9. The van der Waals surface area contributed by atoms with Crippen LogP contribution in [-0.2, 0) is 6.18 Å². The third kappa shape index (κ3) is 5.47. The van der Waals surface area contributed by atoms with Crippen molar-refractivity contribution in [2.45, 2.75) is 71.3 Å². The maximum absolute atomic E-state index is 13.1. The molecule has 2 atom stereocenters. The highest BCUT2D eigenvalue weighted by Gasteiger charge is 2.41. The molecular formula is C29H38F3N3O. The number of halogens is 3. The summed E-state index contributed by atoms with van der Waals surface area (Å²) < 4.78 is 38.8.